The van der Waals surface area contributed by atoms with Crippen molar-refractivity contribution >= 4 is 16.0 Å². The average Bonchev–Trinajstić information content (AvgIpc) is 2.38. The minimum atomic E-state index is -3.82. The van der Waals surface area contributed by atoms with Crippen LogP contribution in [0.1, 0.15) is 30.9 Å². The maximum atomic E-state index is 12.0. The van der Waals surface area contributed by atoms with Crippen LogP contribution in [-0.4, -0.2) is 25.5 Å². The van der Waals surface area contributed by atoms with E-state index in [0.717, 1.165) is 0 Å². The van der Waals surface area contributed by atoms with Crippen LogP contribution >= 0.6 is 0 Å². The van der Waals surface area contributed by atoms with Crippen molar-refractivity contribution < 1.29 is 18.3 Å². The van der Waals surface area contributed by atoms with Gasteiger partial charge in [0.2, 0.25) is 10.0 Å². The quantitative estimate of drug-likeness (QED) is 0.787. The van der Waals surface area contributed by atoms with E-state index in [0.29, 0.717) is 12.0 Å². The number of nitrogens with one attached hydrogen (secondary N) is 1. The van der Waals surface area contributed by atoms with Gasteiger partial charge in [-0.2, -0.15) is 5.26 Å². The molecule has 0 amide bonds. The molecule has 0 saturated carbocycles. The van der Waals surface area contributed by atoms with Crippen LogP contribution in [-0.2, 0) is 20.6 Å². The smallest absolute Gasteiger partial charge is 0.321 e. The molecule has 0 fully saturated rings. The minimum absolute atomic E-state index is 0.217. The van der Waals surface area contributed by atoms with E-state index in [-0.39, 0.29) is 12.0 Å². The van der Waals surface area contributed by atoms with E-state index in [1.54, 1.807) is 19.1 Å². The maximum Gasteiger partial charge on any atom is 0.321 e. The van der Waals surface area contributed by atoms with Gasteiger partial charge >= 0.3 is 5.97 Å². The van der Waals surface area contributed by atoms with Gasteiger partial charge in [0, 0.05) is 0 Å². The van der Waals surface area contributed by atoms with Crippen molar-refractivity contribution in [2.75, 3.05) is 0 Å². The molecule has 6 nitrogen and oxygen atoms in total. The molecule has 0 spiro atoms. The summed E-state index contributed by atoms with van der Waals surface area (Å²) in [5, 5.41) is 17.9. The van der Waals surface area contributed by atoms with Crippen LogP contribution in [0.3, 0.4) is 0 Å². The van der Waals surface area contributed by atoms with Crippen molar-refractivity contribution in [3.63, 3.8) is 0 Å². The molecule has 1 rings (SSSR count). The number of rotatable bonds is 7. The fraction of sp³-hybridized carbons (Fsp3) is 0.385. The number of hydrogen-bond donors (Lipinski definition) is 2. The Balaban J connectivity index is 2.90. The molecule has 0 aliphatic rings. The Morgan fingerprint density at radius 1 is 1.45 bits per heavy atom. The third-order valence-corrected chi connectivity index (χ3v) is 4.02. The lowest BCUT2D eigenvalue weighted by molar-refractivity contribution is -0.139. The molecule has 2 N–H and O–H groups in total. The highest BCUT2D eigenvalue weighted by molar-refractivity contribution is 7.88. The third kappa shape index (κ3) is 4.64. The normalized spacial score (nSPS) is 12.6. The van der Waals surface area contributed by atoms with Gasteiger partial charge in [-0.25, -0.2) is 13.1 Å². The molecule has 1 aromatic carbocycles. The number of carbonyl (C=O) groups is 1. The Hall–Kier alpha value is -1.91. The van der Waals surface area contributed by atoms with Gasteiger partial charge in [-0.3, -0.25) is 4.79 Å². The molecule has 0 radical (unpaired) electrons. The van der Waals surface area contributed by atoms with Gasteiger partial charge in [0.1, 0.15) is 6.04 Å². The van der Waals surface area contributed by atoms with Crippen molar-refractivity contribution in [3.8, 4) is 6.07 Å². The molecular weight excluding hydrogens is 280 g/mol. The van der Waals surface area contributed by atoms with E-state index in [1.807, 2.05) is 6.07 Å². The summed E-state index contributed by atoms with van der Waals surface area (Å²) in [7, 11) is -3.82. The van der Waals surface area contributed by atoms with E-state index < -0.39 is 27.8 Å². The molecule has 0 aromatic heterocycles. The number of nitrogens with zero attached hydrogens (tertiary/aromatic N) is 1. The first-order valence-electron chi connectivity index (χ1n) is 6.10. The molecule has 0 aliphatic heterocycles. The fourth-order valence-corrected chi connectivity index (χ4v) is 3.14. The molecule has 0 unspecified atom stereocenters. The lowest BCUT2D eigenvalue weighted by Crippen LogP contribution is -2.41. The molecule has 20 heavy (non-hydrogen) atoms. The van der Waals surface area contributed by atoms with Gasteiger partial charge in [0.15, 0.2) is 0 Å². The predicted octanol–water partition coefficient (Wildman–Crippen LogP) is 1.23. The topological polar surface area (TPSA) is 107 Å². The van der Waals surface area contributed by atoms with Crippen LogP contribution in [0.15, 0.2) is 24.3 Å². The van der Waals surface area contributed by atoms with Gasteiger partial charge < -0.3 is 5.11 Å². The summed E-state index contributed by atoms with van der Waals surface area (Å²) in [6, 6.07) is 7.10. The summed E-state index contributed by atoms with van der Waals surface area (Å²) in [4.78, 5) is 11.0. The first-order chi connectivity index (χ1) is 9.39. The number of nitriles is 1. The second-order valence-corrected chi connectivity index (χ2v) is 6.08. The number of benzene rings is 1. The van der Waals surface area contributed by atoms with Crippen LogP contribution in [0.2, 0.25) is 0 Å². The van der Waals surface area contributed by atoms with Crippen molar-refractivity contribution in [1.82, 2.24) is 4.72 Å². The van der Waals surface area contributed by atoms with E-state index in [9.17, 15) is 13.2 Å². The summed E-state index contributed by atoms with van der Waals surface area (Å²) >= 11 is 0. The third-order valence-electron chi connectivity index (χ3n) is 2.68. The Labute approximate surface area is 118 Å². The Morgan fingerprint density at radius 2 is 2.10 bits per heavy atom. The largest absolute Gasteiger partial charge is 0.480 e. The zero-order valence-electron chi connectivity index (χ0n) is 11.0. The maximum absolute atomic E-state index is 12.0. The summed E-state index contributed by atoms with van der Waals surface area (Å²) in [6.07, 6.45) is 0.767. The number of aliphatic carboxylic acids is 1. The molecule has 0 aliphatic carbocycles. The van der Waals surface area contributed by atoms with Crippen molar-refractivity contribution in [1.29, 1.82) is 5.26 Å². The minimum Gasteiger partial charge on any atom is -0.480 e. The molecule has 108 valence electrons. The SMILES string of the molecule is CCC[C@H](NS(=O)(=O)Cc1ccccc1C#N)C(=O)O. The second kappa shape index (κ2) is 7.03. The zero-order valence-corrected chi connectivity index (χ0v) is 11.9. The number of carboxylic acids is 1. The van der Waals surface area contributed by atoms with Crippen LogP contribution in [0.5, 0.6) is 0 Å². The highest BCUT2D eigenvalue weighted by Crippen LogP contribution is 2.12. The molecule has 7 heteroatoms. The van der Waals surface area contributed by atoms with Gasteiger partial charge in [0.25, 0.3) is 0 Å². The van der Waals surface area contributed by atoms with E-state index >= 15 is 0 Å². The Morgan fingerprint density at radius 3 is 2.65 bits per heavy atom. The molecule has 0 heterocycles. The number of hydrogen-bond acceptors (Lipinski definition) is 4. The summed E-state index contributed by atoms with van der Waals surface area (Å²) in [6.45, 7) is 1.77. The summed E-state index contributed by atoms with van der Waals surface area (Å²) in [5.74, 6) is -1.62. The predicted molar refractivity (Wildman–Crippen MR) is 73.2 cm³/mol. The molecule has 0 saturated heterocycles. The Kier molecular flexibility index (Phi) is 5.67. The van der Waals surface area contributed by atoms with Crippen LogP contribution in [0.25, 0.3) is 0 Å². The van der Waals surface area contributed by atoms with Gasteiger partial charge in [-0.05, 0) is 18.1 Å². The average molecular weight is 296 g/mol. The molecular formula is C13H16N2O4S. The molecule has 1 aromatic rings. The first-order valence-corrected chi connectivity index (χ1v) is 7.75. The lowest BCUT2D eigenvalue weighted by Gasteiger charge is -2.14. The number of sulfonamides is 1. The summed E-state index contributed by atoms with van der Waals surface area (Å²) < 4.78 is 26.1. The highest BCUT2D eigenvalue weighted by atomic mass is 32.2. The molecule has 0 bridgehead atoms. The van der Waals surface area contributed by atoms with Crippen LogP contribution in [0, 0.1) is 11.3 Å². The van der Waals surface area contributed by atoms with E-state index in [4.69, 9.17) is 10.4 Å². The number of carboxylic acid groups (broad SMARTS) is 1. The fourth-order valence-electron chi connectivity index (χ4n) is 1.74. The van der Waals surface area contributed by atoms with Crippen molar-refractivity contribution in [3.05, 3.63) is 35.4 Å². The highest BCUT2D eigenvalue weighted by Gasteiger charge is 2.24. The lowest BCUT2D eigenvalue weighted by atomic mass is 10.1. The van der Waals surface area contributed by atoms with Gasteiger partial charge in [0.05, 0.1) is 17.4 Å². The first kappa shape index (κ1) is 16.1. The van der Waals surface area contributed by atoms with Crippen LogP contribution in [0.4, 0.5) is 0 Å². The van der Waals surface area contributed by atoms with Gasteiger partial charge in [-0.15, -0.1) is 0 Å². The van der Waals surface area contributed by atoms with Gasteiger partial charge in [-0.1, -0.05) is 31.5 Å². The van der Waals surface area contributed by atoms with E-state index in [2.05, 4.69) is 4.72 Å². The van der Waals surface area contributed by atoms with Crippen LogP contribution < -0.4 is 4.72 Å². The Bertz CT molecular complexity index is 620. The van der Waals surface area contributed by atoms with E-state index in [1.165, 1.54) is 12.1 Å². The molecule has 1 atom stereocenters. The second-order valence-electron chi connectivity index (χ2n) is 4.33. The zero-order chi connectivity index (χ0) is 15.2. The van der Waals surface area contributed by atoms with Crippen molar-refractivity contribution in [2.45, 2.75) is 31.6 Å². The standard InChI is InChI=1S/C13H16N2O4S/c1-2-5-12(13(16)17)15-20(18,19)9-11-7-4-3-6-10(11)8-14/h3-4,6-7,12,15H,2,5,9H2,1H3,(H,16,17)/t12-/m0/s1. The monoisotopic (exact) mass is 296 g/mol. The summed E-state index contributed by atoms with van der Waals surface area (Å²) in [5.41, 5.74) is 0.614. The van der Waals surface area contributed by atoms with Crippen molar-refractivity contribution in [2.24, 2.45) is 0 Å².